The van der Waals surface area contributed by atoms with Crippen molar-refractivity contribution in [2.45, 2.75) is 37.3 Å². The smallest absolute Gasteiger partial charge is 0.349 e. The molecule has 2 aromatic rings. The molecule has 2 aromatic carbocycles. The van der Waals surface area contributed by atoms with Crippen molar-refractivity contribution in [1.29, 1.82) is 0 Å². The van der Waals surface area contributed by atoms with Gasteiger partial charge in [0.1, 0.15) is 0 Å². The summed E-state index contributed by atoms with van der Waals surface area (Å²) in [6.45, 7) is 0. The molecule has 0 spiro atoms. The van der Waals surface area contributed by atoms with Crippen LogP contribution in [0.2, 0.25) is 5.02 Å². The lowest BCUT2D eigenvalue weighted by molar-refractivity contribution is -0.156. The predicted octanol–water partition coefficient (Wildman–Crippen LogP) is 5.28. The second-order valence-corrected chi connectivity index (χ2v) is 7.42. The van der Waals surface area contributed by atoms with Crippen LogP contribution < -0.4 is 10.6 Å². The summed E-state index contributed by atoms with van der Waals surface area (Å²) in [4.78, 5) is 24.5. The number of amides is 2. The summed E-state index contributed by atoms with van der Waals surface area (Å²) in [5, 5.41) is 4.24. The van der Waals surface area contributed by atoms with E-state index >= 15 is 0 Å². The number of halogens is 7. The molecule has 11 heteroatoms. The molecule has 0 radical (unpaired) electrons. The second-order valence-electron chi connectivity index (χ2n) is 7.01. The van der Waals surface area contributed by atoms with Crippen LogP contribution >= 0.6 is 11.6 Å². The van der Waals surface area contributed by atoms with E-state index in [9.17, 15) is 35.9 Å². The van der Waals surface area contributed by atoms with E-state index in [-0.39, 0.29) is 22.2 Å². The highest BCUT2D eigenvalue weighted by molar-refractivity contribution is 6.34. The fourth-order valence-corrected chi connectivity index (χ4v) is 3.06. The maximum atomic E-state index is 13.5. The standard InChI is InChI=1S/C20H15ClF6N2O2/c21-15-9-11(4-7-14(15)18(31)28-13-5-6-13)17(30)29-16(20(25,26)27)10-2-1-3-12(8-10)19(22,23)24/h1-4,7-9,13,16H,5-6H2,(H,28,31)(H,29,30). The van der Waals surface area contributed by atoms with Crippen LogP contribution in [0.5, 0.6) is 0 Å². The van der Waals surface area contributed by atoms with E-state index in [2.05, 4.69) is 5.32 Å². The summed E-state index contributed by atoms with van der Waals surface area (Å²) >= 11 is 6.00. The molecular formula is C20H15ClF6N2O2. The van der Waals surface area contributed by atoms with Gasteiger partial charge in [-0.2, -0.15) is 26.3 Å². The zero-order chi connectivity index (χ0) is 23.0. The van der Waals surface area contributed by atoms with Gasteiger partial charge < -0.3 is 10.6 Å². The third-order valence-electron chi connectivity index (χ3n) is 4.54. The molecule has 2 N–H and O–H groups in total. The Morgan fingerprint density at radius 2 is 1.65 bits per heavy atom. The van der Waals surface area contributed by atoms with Gasteiger partial charge in [-0.05, 0) is 48.7 Å². The molecule has 4 nitrogen and oxygen atoms in total. The lowest BCUT2D eigenvalue weighted by Gasteiger charge is -2.23. The van der Waals surface area contributed by atoms with Crippen molar-refractivity contribution < 1.29 is 35.9 Å². The van der Waals surface area contributed by atoms with Crippen molar-refractivity contribution in [1.82, 2.24) is 10.6 Å². The minimum atomic E-state index is -5.06. The number of carbonyl (C=O) groups is 2. The number of alkyl halides is 6. The molecule has 0 aromatic heterocycles. The number of hydrogen-bond donors (Lipinski definition) is 2. The summed E-state index contributed by atoms with van der Waals surface area (Å²) in [5.74, 6) is -1.69. The third-order valence-corrected chi connectivity index (χ3v) is 4.85. The third kappa shape index (κ3) is 5.69. The first-order chi connectivity index (χ1) is 14.4. The van der Waals surface area contributed by atoms with Crippen LogP contribution in [-0.4, -0.2) is 24.0 Å². The molecule has 1 unspecified atom stereocenters. The highest BCUT2D eigenvalue weighted by Crippen LogP contribution is 2.36. The lowest BCUT2D eigenvalue weighted by atomic mass is 10.0. The van der Waals surface area contributed by atoms with Gasteiger partial charge in [-0.25, -0.2) is 0 Å². The number of rotatable bonds is 5. The van der Waals surface area contributed by atoms with Gasteiger partial charge in [0, 0.05) is 11.6 Å². The van der Waals surface area contributed by atoms with Crippen molar-refractivity contribution in [3.05, 3.63) is 69.7 Å². The monoisotopic (exact) mass is 464 g/mol. The van der Waals surface area contributed by atoms with Crippen molar-refractivity contribution in [2.75, 3.05) is 0 Å². The summed E-state index contributed by atoms with van der Waals surface area (Å²) in [7, 11) is 0. The summed E-state index contributed by atoms with van der Waals surface area (Å²) in [5.41, 5.74) is -2.28. The van der Waals surface area contributed by atoms with Crippen LogP contribution in [0.15, 0.2) is 42.5 Å². The van der Waals surface area contributed by atoms with Gasteiger partial charge in [-0.3, -0.25) is 9.59 Å². The van der Waals surface area contributed by atoms with Gasteiger partial charge in [-0.1, -0.05) is 23.7 Å². The van der Waals surface area contributed by atoms with E-state index < -0.39 is 41.3 Å². The fraction of sp³-hybridized carbons (Fsp3) is 0.300. The highest BCUT2D eigenvalue weighted by Gasteiger charge is 2.43. The number of benzene rings is 2. The first-order valence-corrected chi connectivity index (χ1v) is 9.39. The topological polar surface area (TPSA) is 58.2 Å². The van der Waals surface area contributed by atoms with Crippen LogP contribution in [-0.2, 0) is 6.18 Å². The molecule has 0 heterocycles. The number of hydrogen-bond acceptors (Lipinski definition) is 2. The average Bonchev–Trinajstić information content (AvgIpc) is 3.48. The molecule has 2 amide bonds. The van der Waals surface area contributed by atoms with E-state index in [1.807, 2.05) is 0 Å². The molecule has 0 bridgehead atoms. The Bertz CT molecular complexity index is 1000. The predicted molar refractivity (Wildman–Crippen MR) is 99.6 cm³/mol. The van der Waals surface area contributed by atoms with Crippen molar-refractivity contribution >= 4 is 23.4 Å². The Labute approximate surface area is 177 Å². The van der Waals surface area contributed by atoms with Gasteiger partial charge in [0.2, 0.25) is 0 Å². The van der Waals surface area contributed by atoms with Crippen molar-refractivity contribution in [3.8, 4) is 0 Å². The number of nitrogens with one attached hydrogen (secondary N) is 2. The molecule has 1 aliphatic rings. The Hall–Kier alpha value is -2.75. The molecule has 31 heavy (non-hydrogen) atoms. The molecule has 3 rings (SSSR count). The SMILES string of the molecule is O=C(NC(c1cccc(C(F)(F)F)c1)C(F)(F)F)c1ccc(C(=O)NC2CC2)c(Cl)c1. The zero-order valence-electron chi connectivity index (χ0n) is 15.6. The molecule has 1 aliphatic carbocycles. The Morgan fingerprint density at radius 1 is 0.968 bits per heavy atom. The lowest BCUT2D eigenvalue weighted by Crippen LogP contribution is -2.38. The summed E-state index contributed by atoms with van der Waals surface area (Å²) in [6.07, 6.45) is -8.25. The largest absolute Gasteiger partial charge is 0.416 e. The Balaban J connectivity index is 1.83. The van der Waals surface area contributed by atoms with E-state index in [1.54, 1.807) is 5.32 Å². The van der Waals surface area contributed by atoms with Crippen LogP contribution in [0.3, 0.4) is 0 Å². The molecule has 166 valence electrons. The number of carbonyl (C=O) groups excluding carboxylic acids is 2. The molecule has 0 saturated heterocycles. The zero-order valence-corrected chi connectivity index (χ0v) is 16.3. The van der Waals surface area contributed by atoms with Crippen LogP contribution in [0.25, 0.3) is 0 Å². The van der Waals surface area contributed by atoms with Crippen LogP contribution in [0.4, 0.5) is 26.3 Å². The van der Waals surface area contributed by atoms with E-state index in [0.717, 1.165) is 37.1 Å². The van der Waals surface area contributed by atoms with Gasteiger partial charge in [0.25, 0.3) is 11.8 Å². The summed E-state index contributed by atoms with van der Waals surface area (Å²) < 4.78 is 79.1. The van der Waals surface area contributed by atoms with E-state index in [4.69, 9.17) is 11.6 Å². The molecular weight excluding hydrogens is 450 g/mol. The first-order valence-electron chi connectivity index (χ1n) is 9.01. The first kappa shape index (κ1) is 22.9. The van der Waals surface area contributed by atoms with Crippen LogP contribution in [0, 0.1) is 0 Å². The molecule has 1 fully saturated rings. The van der Waals surface area contributed by atoms with E-state index in [0.29, 0.717) is 12.1 Å². The second kappa shape index (κ2) is 8.41. The summed E-state index contributed by atoms with van der Waals surface area (Å²) in [6, 6.07) is 3.33. The Kier molecular flexibility index (Phi) is 6.22. The van der Waals surface area contributed by atoms with E-state index in [1.165, 1.54) is 6.07 Å². The van der Waals surface area contributed by atoms with Gasteiger partial charge in [0.05, 0.1) is 16.1 Å². The van der Waals surface area contributed by atoms with Crippen LogP contribution in [0.1, 0.15) is 50.7 Å². The van der Waals surface area contributed by atoms with Crippen molar-refractivity contribution in [3.63, 3.8) is 0 Å². The maximum Gasteiger partial charge on any atom is 0.416 e. The Morgan fingerprint density at radius 3 is 2.19 bits per heavy atom. The van der Waals surface area contributed by atoms with Gasteiger partial charge in [-0.15, -0.1) is 0 Å². The van der Waals surface area contributed by atoms with Gasteiger partial charge >= 0.3 is 12.4 Å². The molecule has 1 atom stereocenters. The minimum absolute atomic E-state index is 0.0477. The highest BCUT2D eigenvalue weighted by atomic mass is 35.5. The normalized spacial score (nSPS) is 15.3. The maximum absolute atomic E-state index is 13.5. The average molecular weight is 465 g/mol. The molecule has 0 aliphatic heterocycles. The van der Waals surface area contributed by atoms with Crippen molar-refractivity contribution in [2.24, 2.45) is 0 Å². The van der Waals surface area contributed by atoms with Gasteiger partial charge in [0.15, 0.2) is 6.04 Å². The quantitative estimate of drug-likeness (QED) is 0.591. The fourth-order valence-electron chi connectivity index (χ4n) is 2.79. The molecule has 1 saturated carbocycles. The minimum Gasteiger partial charge on any atom is -0.349 e.